The number of nitrogens with zero attached hydrogens (tertiary/aromatic N) is 3. The van der Waals surface area contributed by atoms with Gasteiger partial charge >= 0.3 is 29.0 Å². The van der Waals surface area contributed by atoms with Gasteiger partial charge in [-0.3, -0.25) is 9.59 Å². The van der Waals surface area contributed by atoms with E-state index < -0.39 is 70.8 Å². The van der Waals surface area contributed by atoms with Crippen LogP contribution in [0.2, 0.25) is 0 Å². The minimum Gasteiger partial charge on any atom is -0.462 e. The first kappa shape index (κ1) is 35.0. The molecule has 0 aliphatic heterocycles. The number of aliphatic hydroxyl groups is 2. The summed E-state index contributed by atoms with van der Waals surface area (Å²) in [7, 11) is 0. The second-order valence-corrected chi connectivity index (χ2v) is 11.8. The third-order valence-electron chi connectivity index (χ3n) is 7.66. The minimum atomic E-state index is -1.49. The van der Waals surface area contributed by atoms with Crippen LogP contribution in [0.1, 0.15) is 81.1 Å². The number of aliphatic hydroxyl groups excluding tert-OH is 2. The zero-order chi connectivity index (χ0) is 31.1. The standard InChI is InChI=1S/C28H47N3O9/c1-10-14-29-23(36)30(25(38)31(24(29)37)17-20(33)26(5,6)11-2)16-19(32)18-39-22(35)27(7,8)15-21(34)40-28(9,12-3)13-4/h10,19-20,32-33H,1,11-18H2,2-9H3. The molecule has 0 saturated carbocycles. The Kier molecular flexibility index (Phi) is 12.3. The molecule has 228 valence electrons. The summed E-state index contributed by atoms with van der Waals surface area (Å²) >= 11 is 0. The molecule has 1 aromatic rings. The van der Waals surface area contributed by atoms with Crippen molar-refractivity contribution in [2.24, 2.45) is 10.8 Å². The third-order valence-corrected chi connectivity index (χ3v) is 7.66. The molecule has 2 N–H and O–H groups in total. The predicted octanol–water partition coefficient (Wildman–Crippen LogP) is 1.60. The molecule has 0 bridgehead atoms. The van der Waals surface area contributed by atoms with Gasteiger partial charge in [-0.25, -0.2) is 28.1 Å². The van der Waals surface area contributed by atoms with Gasteiger partial charge < -0.3 is 19.7 Å². The van der Waals surface area contributed by atoms with E-state index in [4.69, 9.17) is 9.47 Å². The van der Waals surface area contributed by atoms with Crippen molar-refractivity contribution < 1.29 is 29.3 Å². The SMILES string of the molecule is C=CCn1c(=O)n(CC(O)COC(=O)C(C)(C)CC(=O)OC(C)(CC)CC)c(=O)n(CC(O)C(C)(C)CC)c1=O. The molecule has 12 heteroatoms. The van der Waals surface area contributed by atoms with E-state index in [-0.39, 0.29) is 19.5 Å². The molecule has 1 aromatic heterocycles. The number of esters is 2. The molecular formula is C28H47N3O9. The van der Waals surface area contributed by atoms with E-state index >= 15 is 0 Å². The van der Waals surface area contributed by atoms with Crippen LogP contribution in [0.5, 0.6) is 0 Å². The molecular weight excluding hydrogens is 522 g/mol. The topological polar surface area (TPSA) is 159 Å². The molecule has 1 rings (SSSR count). The lowest BCUT2D eigenvalue weighted by molar-refractivity contribution is -0.169. The van der Waals surface area contributed by atoms with Crippen molar-refractivity contribution in [2.45, 2.75) is 119 Å². The lowest BCUT2D eigenvalue weighted by Gasteiger charge is -2.29. The van der Waals surface area contributed by atoms with Gasteiger partial charge in [-0.1, -0.05) is 40.7 Å². The van der Waals surface area contributed by atoms with Gasteiger partial charge in [0.25, 0.3) is 0 Å². The van der Waals surface area contributed by atoms with Crippen LogP contribution in [0.15, 0.2) is 27.0 Å². The molecule has 12 nitrogen and oxygen atoms in total. The lowest BCUT2D eigenvalue weighted by Crippen LogP contribution is -2.57. The molecule has 0 radical (unpaired) electrons. The summed E-state index contributed by atoms with van der Waals surface area (Å²) in [6.07, 6.45) is 0.302. The van der Waals surface area contributed by atoms with Crippen molar-refractivity contribution in [3.05, 3.63) is 44.1 Å². The Morgan fingerprint density at radius 1 is 0.875 bits per heavy atom. The smallest absolute Gasteiger partial charge is 0.336 e. The summed E-state index contributed by atoms with van der Waals surface area (Å²) in [6.45, 7) is 15.9. The van der Waals surface area contributed by atoms with Gasteiger partial charge in [0.15, 0.2) is 0 Å². The second kappa shape index (κ2) is 14.1. The largest absolute Gasteiger partial charge is 0.462 e. The fraction of sp³-hybridized carbons (Fsp3) is 0.750. The maximum absolute atomic E-state index is 13.1. The summed E-state index contributed by atoms with van der Waals surface area (Å²) < 4.78 is 12.9. The molecule has 0 spiro atoms. The van der Waals surface area contributed by atoms with E-state index in [0.717, 1.165) is 9.13 Å². The molecule has 0 saturated heterocycles. The summed E-state index contributed by atoms with van der Waals surface area (Å²) in [5.74, 6) is -1.33. The Labute approximate surface area is 235 Å². The zero-order valence-electron chi connectivity index (χ0n) is 25.2. The van der Waals surface area contributed by atoms with Crippen molar-refractivity contribution in [2.75, 3.05) is 6.61 Å². The van der Waals surface area contributed by atoms with Gasteiger partial charge in [0, 0.05) is 0 Å². The van der Waals surface area contributed by atoms with E-state index in [1.165, 1.54) is 19.9 Å². The molecule has 2 unspecified atom stereocenters. The summed E-state index contributed by atoms with van der Waals surface area (Å²) in [4.78, 5) is 64.2. The molecule has 40 heavy (non-hydrogen) atoms. The highest BCUT2D eigenvalue weighted by atomic mass is 16.6. The second-order valence-electron chi connectivity index (χ2n) is 11.8. The van der Waals surface area contributed by atoms with Crippen LogP contribution in [0.25, 0.3) is 0 Å². The van der Waals surface area contributed by atoms with Crippen LogP contribution in [0, 0.1) is 10.8 Å². The van der Waals surface area contributed by atoms with Crippen molar-refractivity contribution in [3.63, 3.8) is 0 Å². The minimum absolute atomic E-state index is 0.199. The van der Waals surface area contributed by atoms with E-state index in [0.29, 0.717) is 23.8 Å². The normalized spacial score (nSPS) is 13.9. The van der Waals surface area contributed by atoms with Crippen LogP contribution in [0.3, 0.4) is 0 Å². The van der Waals surface area contributed by atoms with Gasteiger partial charge in [-0.05, 0) is 45.4 Å². The number of rotatable bonds is 16. The first-order valence-electron chi connectivity index (χ1n) is 13.7. The van der Waals surface area contributed by atoms with Crippen molar-refractivity contribution in [1.82, 2.24) is 13.7 Å². The van der Waals surface area contributed by atoms with E-state index in [1.807, 2.05) is 27.7 Å². The van der Waals surface area contributed by atoms with Crippen LogP contribution < -0.4 is 17.1 Å². The first-order valence-corrected chi connectivity index (χ1v) is 13.7. The highest BCUT2D eigenvalue weighted by molar-refractivity contribution is 5.82. The highest BCUT2D eigenvalue weighted by Crippen LogP contribution is 2.27. The van der Waals surface area contributed by atoms with Gasteiger partial charge in [-0.2, -0.15) is 0 Å². The number of hydrogen-bond acceptors (Lipinski definition) is 9. The first-order chi connectivity index (χ1) is 18.4. The fourth-order valence-corrected chi connectivity index (χ4v) is 3.70. The molecule has 0 aliphatic rings. The monoisotopic (exact) mass is 569 g/mol. The third kappa shape index (κ3) is 8.76. The van der Waals surface area contributed by atoms with Gasteiger partial charge in [0.05, 0.1) is 37.6 Å². The zero-order valence-corrected chi connectivity index (χ0v) is 25.2. The Balaban J connectivity index is 3.12. The van der Waals surface area contributed by atoms with Gasteiger partial charge in [0.2, 0.25) is 0 Å². The lowest BCUT2D eigenvalue weighted by atomic mass is 9.84. The highest BCUT2D eigenvalue weighted by Gasteiger charge is 2.36. The number of ether oxygens (including phenoxy) is 2. The van der Waals surface area contributed by atoms with E-state index in [9.17, 15) is 34.2 Å². The average Bonchev–Trinajstić information content (AvgIpc) is 2.89. The fourth-order valence-electron chi connectivity index (χ4n) is 3.70. The van der Waals surface area contributed by atoms with Crippen LogP contribution in [0.4, 0.5) is 0 Å². The summed E-state index contributed by atoms with van der Waals surface area (Å²) in [5, 5.41) is 21.2. The van der Waals surface area contributed by atoms with Crippen LogP contribution in [-0.2, 0) is 38.7 Å². The number of aromatic nitrogens is 3. The average molecular weight is 570 g/mol. The number of carbonyl (C=O) groups is 2. The van der Waals surface area contributed by atoms with Crippen LogP contribution >= 0.6 is 0 Å². The van der Waals surface area contributed by atoms with E-state index in [1.54, 1.807) is 13.8 Å². The molecule has 0 amide bonds. The molecule has 2 atom stereocenters. The van der Waals surface area contributed by atoms with E-state index in [2.05, 4.69) is 6.58 Å². The van der Waals surface area contributed by atoms with Gasteiger partial charge in [0.1, 0.15) is 18.3 Å². The number of hydrogen-bond donors (Lipinski definition) is 2. The maximum atomic E-state index is 13.1. The molecule has 1 heterocycles. The van der Waals surface area contributed by atoms with Crippen molar-refractivity contribution in [3.8, 4) is 0 Å². The predicted molar refractivity (Wildman–Crippen MR) is 150 cm³/mol. The van der Waals surface area contributed by atoms with Gasteiger partial charge in [-0.15, -0.1) is 6.58 Å². The molecule has 0 aliphatic carbocycles. The van der Waals surface area contributed by atoms with Crippen molar-refractivity contribution in [1.29, 1.82) is 0 Å². The Morgan fingerprint density at radius 2 is 1.38 bits per heavy atom. The number of carbonyl (C=O) groups excluding carboxylic acids is 2. The quantitative estimate of drug-likeness (QED) is 0.223. The summed E-state index contributed by atoms with van der Waals surface area (Å²) in [5.41, 5.74) is -5.41. The maximum Gasteiger partial charge on any atom is 0.336 e. The number of allylic oxidation sites excluding steroid dienone is 1. The summed E-state index contributed by atoms with van der Waals surface area (Å²) in [6, 6.07) is 0. The van der Waals surface area contributed by atoms with Crippen molar-refractivity contribution >= 4 is 11.9 Å². The molecule has 0 aromatic carbocycles. The Hall–Kier alpha value is -2.99. The van der Waals surface area contributed by atoms with Crippen LogP contribution in [-0.4, -0.2) is 60.3 Å². The Morgan fingerprint density at radius 3 is 1.85 bits per heavy atom. The molecule has 0 fully saturated rings. The Bertz CT molecular complexity index is 1220.